The summed E-state index contributed by atoms with van der Waals surface area (Å²) in [5.74, 6) is -0.956. The second-order valence-corrected chi connectivity index (χ2v) is 6.39. The second kappa shape index (κ2) is 7.26. The summed E-state index contributed by atoms with van der Waals surface area (Å²) < 4.78 is 1.92. The standard InChI is InChI=1S/C24H16N2O2/c25-16-21(20-8-7-17-4-1-2-5-19(17)14-20)15-23-6-3-13-26(23)22-11-9-18(10-12-22)24(27)28/h1-15H,(H,27,28)/b21-15-. The van der Waals surface area contributed by atoms with Gasteiger partial charge in [0.1, 0.15) is 0 Å². The zero-order chi connectivity index (χ0) is 19.5. The first kappa shape index (κ1) is 17.3. The van der Waals surface area contributed by atoms with Crippen molar-refractivity contribution >= 4 is 28.4 Å². The van der Waals surface area contributed by atoms with Crippen molar-refractivity contribution in [1.29, 1.82) is 5.26 Å². The largest absolute Gasteiger partial charge is 0.478 e. The van der Waals surface area contributed by atoms with E-state index in [4.69, 9.17) is 5.11 Å². The van der Waals surface area contributed by atoms with E-state index in [1.807, 2.05) is 71.4 Å². The lowest BCUT2D eigenvalue weighted by molar-refractivity contribution is 0.0697. The molecule has 4 rings (SSSR count). The third-order valence-corrected chi connectivity index (χ3v) is 4.65. The summed E-state index contributed by atoms with van der Waals surface area (Å²) in [7, 11) is 0. The van der Waals surface area contributed by atoms with Gasteiger partial charge in [-0.15, -0.1) is 0 Å². The maximum atomic E-state index is 11.0. The van der Waals surface area contributed by atoms with Crippen LogP contribution in [-0.2, 0) is 0 Å². The van der Waals surface area contributed by atoms with Gasteiger partial charge in [0.25, 0.3) is 0 Å². The van der Waals surface area contributed by atoms with Crippen molar-refractivity contribution in [3.05, 3.63) is 102 Å². The van der Waals surface area contributed by atoms with Crippen LogP contribution in [0, 0.1) is 11.3 Å². The van der Waals surface area contributed by atoms with E-state index in [0.717, 1.165) is 27.7 Å². The first-order chi connectivity index (χ1) is 13.7. The van der Waals surface area contributed by atoms with Crippen LogP contribution in [0.2, 0.25) is 0 Å². The maximum Gasteiger partial charge on any atom is 0.335 e. The highest BCUT2D eigenvalue weighted by Crippen LogP contribution is 2.24. The monoisotopic (exact) mass is 364 g/mol. The fraction of sp³-hybridized carbons (Fsp3) is 0. The lowest BCUT2D eigenvalue weighted by Crippen LogP contribution is -1.99. The molecule has 0 aliphatic rings. The molecular formula is C24H16N2O2. The SMILES string of the molecule is N#C/C(=C/c1cccn1-c1ccc(C(=O)O)cc1)c1ccc2ccccc2c1. The van der Waals surface area contributed by atoms with Crippen molar-refractivity contribution in [2.24, 2.45) is 0 Å². The Hall–Kier alpha value is -4.10. The predicted molar refractivity (Wildman–Crippen MR) is 110 cm³/mol. The minimum absolute atomic E-state index is 0.238. The average Bonchev–Trinajstić information content (AvgIpc) is 3.20. The summed E-state index contributed by atoms with van der Waals surface area (Å²) in [6.07, 6.45) is 3.73. The van der Waals surface area contributed by atoms with Gasteiger partial charge in [-0.05, 0) is 64.9 Å². The predicted octanol–water partition coefficient (Wildman–Crippen LogP) is 5.39. The number of aromatic carboxylic acids is 1. The second-order valence-electron chi connectivity index (χ2n) is 6.39. The number of nitrogens with zero attached hydrogens (tertiary/aromatic N) is 2. The summed E-state index contributed by atoms with van der Waals surface area (Å²) in [5, 5.41) is 21.0. The van der Waals surface area contributed by atoms with Gasteiger partial charge in [-0.3, -0.25) is 0 Å². The van der Waals surface area contributed by atoms with Crippen LogP contribution in [-0.4, -0.2) is 15.6 Å². The molecule has 0 aliphatic carbocycles. The van der Waals surface area contributed by atoms with Crippen LogP contribution >= 0.6 is 0 Å². The third-order valence-electron chi connectivity index (χ3n) is 4.65. The number of benzene rings is 3. The van der Waals surface area contributed by atoms with Crippen molar-refractivity contribution in [1.82, 2.24) is 4.57 Å². The molecule has 0 saturated carbocycles. The Morgan fingerprint density at radius 2 is 1.61 bits per heavy atom. The fourth-order valence-electron chi connectivity index (χ4n) is 3.20. The smallest absolute Gasteiger partial charge is 0.335 e. The van der Waals surface area contributed by atoms with E-state index in [1.165, 1.54) is 0 Å². The van der Waals surface area contributed by atoms with Crippen molar-refractivity contribution in [2.75, 3.05) is 0 Å². The number of hydrogen-bond acceptors (Lipinski definition) is 2. The number of allylic oxidation sites excluding steroid dienone is 1. The van der Waals surface area contributed by atoms with Gasteiger partial charge in [-0.25, -0.2) is 4.79 Å². The molecule has 1 heterocycles. The number of rotatable bonds is 4. The van der Waals surface area contributed by atoms with Crippen molar-refractivity contribution in [3.8, 4) is 11.8 Å². The highest BCUT2D eigenvalue weighted by atomic mass is 16.4. The van der Waals surface area contributed by atoms with Gasteiger partial charge >= 0.3 is 5.97 Å². The number of nitriles is 1. The van der Waals surface area contributed by atoms with Crippen LogP contribution in [0.5, 0.6) is 0 Å². The highest BCUT2D eigenvalue weighted by Gasteiger charge is 2.08. The fourth-order valence-corrected chi connectivity index (χ4v) is 3.20. The Labute approximate surface area is 162 Å². The molecule has 3 aromatic carbocycles. The van der Waals surface area contributed by atoms with E-state index in [1.54, 1.807) is 24.3 Å². The van der Waals surface area contributed by atoms with Crippen molar-refractivity contribution in [3.63, 3.8) is 0 Å². The summed E-state index contributed by atoms with van der Waals surface area (Å²) in [5.41, 5.74) is 3.33. The van der Waals surface area contributed by atoms with E-state index < -0.39 is 5.97 Å². The van der Waals surface area contributed by atoms with Crippen LogP contribution in [0.4, 0.5) is 0 Å². The zero-order valence-electron chi connectivity index (χ0n) is 14.9. The zero-order valence-corrected chi connectivity index (χ0v) is 14.9. The van der Waals surface area contributed by atoms with Gasteiger partial charge in [-0.1, -0.05) is 36.4 Å². The molecule has 4 nitrogen and oxygen atoms in total. The van der Waals surface area contributed by atoms with Crippen molar-refractivity contribution in [2.45, 2.75) is 0 Å². The Morgan fingerprint density at radius 3 is 2.32 bits per heavy atom. The van der Waals surface area contributed by atoms with Gasteiger partial charge in [-0.2, -0.15) is 5.26 Å². The van der Waals surface area contributed by atoms with Crippen LogP contribution < -0.4 is 0 Å². The molecule has 1 aromatic heterocycles. The van der Waals surface area contributed by atoms with Crippen LogP contribution in [0.1, 0.15) is 21.6 Å². The quantitative estimate of drug-likeness (QED) is 0.494. The van der Waals surface area contributed by atoms with E-state index in [2.05, 4.69) is 6.07 Å². The molecule has 0 spiro atoms. The Balaban J connectivity index is 1.74. The first-order valence-corrected chi connectivity index (χ1v) is 8.78. The summed E-state index contributed by atoms with van der Waals surface area (Å²) in [6, 6.07) is 26.8. The lowest BCUT2D eigenvalue weighted by atomic mass is 10.0. The molecule has 0 bridgehead atoms. The van der Waals surface area contributed by atoms with E-state index >= 15 is 0 Å². The number of carbonyl (C=O) groups is 1. The minimum Gasteiger partial charge on any atom is -0.478 e. The summed E-state index contributed by atoms with van der Waals surface area (Å²) in [4.78, 5) is 11.0. The number of carboxylic acid groups (broad SMARTS) is 1. The Bertz CT molecular complexity index is 1240. The van der Waals surface area contributed by atoms with Gasteiger partial charge in [0.05, 0.1) is 17.2 Å². The van der Waals surface area contributed by atoms with Crippen LogP contribution in [0.25, 0.3) is 28.1 Å². The minimum atomic E-state index is -0.956. The normalized spacial score (nSPS) is 11.3. The van der Waals surface area contributed by atoms with Crippen LogP contribution in [0.3, 0.4) is 0 Å². The molecule has 0 radical (unpaired) electrons. The molecule has 4 aromatic rings. The van der Waals surface area contributed by atoms with Crippen molar-refractivity contribution < 1.29 is 9.90 Å². The number of aromatic nitrogens is 1. The molecule has 0 amide bonds. The molecule has 28 heavy (non-hydrogen) atoms. The van der Waals surface area contributed by atoms with E-state index in [-0.39, 0.29) is 5.56 Å². The molecule has 0 aliphatic heterocycles. The molecule has 134 valence electrons. The molecule has 0 saturated heterocycles. The molecule has 1 N–H and O–H groups in total. The molecule has 0 atom stereocenters. The van der Waals surface area contributed by atoms with E-state index in [0.29, 0.717) is 5.57 Å². The summed E-state index contributed by atoms with van der Waals surface area (Å²) in [6.45, 7) is 0. The summed E-state index contributed by atoms with van der Waals surface area (Å²) >= 11 is 0. The number of hydrogen-bond donors (Lipinski definition) is 1. The highest BCUT2D eigenvalue weighted by molar-refractivity contribution is 5.94. The molecular weight excluding hydrogens is 348 g/mol. The van der Waals surface area contributed by atoms with E-state index in [9.17, 15) is 10.1 Å². The maximum absolute atomic E-state index is 11.0. The Morgan fingerprint density at radius 1 is 0.893 bits per heavy atom. The topological polar surface area (TPSA) is 66.0 Å². The Kier molecular flexibility index (Phi) is 4.49. The number of carboxylic acids is 1. The first-order valence-electron chi connectivity index (χ1n) is 8.78. The lowest BCUT2D eigenvalue weighted by Gasteiger charge is -2.08. The molecule has 0 fully saturated rings. The average molecular weight is 364 g/mol. The van der Waals surface area contributed by atoms with Gasteiger partial charge in [0.2, 0.25) is 0 Å². The van der Waals surface area contributed by atoms with Gasteiger partial charge < -0.3 is 9.67 Å². The third kappa shape index (κ3) is 3.29. The van der Waals surface area contributed by atoms with Gasteiger partial charge in [0.15, 0.2) is 0 Å². The number of fused-ring (bicyclic) bond motifs is 1. The van der Waals surface area contributed by atoms with Crippen LogP contribution in [0.15, 0.2) is 85.1 Å². The molecule has 0 unspecified atom stereocenters. The van der Waals surface area contributed by atoms with Gasteiger partial charge in [0, 0.05) is 17.6 Å². The molecule has 4 heteroatoms.